The lowest BCUT2D eigenvalue weighted by atomic mass is 10.0. The molecule has 1 unspecified atom stereocenters. The number of para-hydroxylation sites is 1. The molecule has 0 saturated heterocycles. The average Bonchev–Trinajstić information content (AvgIpc) is 2.62. The Hall–Kier alpha value is -2.69. The molecule has 0 heterocycles. The topological polar surface area (TPSA) is 59.6 Å². The van der Waals surface area contributed by atoms with Gasteiger partial charge < -0.3 is 20.1 Å². The first-order valence-corrected chi connectivity index (χ1v) is 8.92. The van der Waals surface area contributed by atoms with Crippen molar-refractivity contribution in [3.63, 3.8) is 0 Å². The summed E-state index contributed by atoms with van der Waals surface area (Å²) in [6, 6.07) is 15.5. The van der Waals surface area contributed by atoms with E-state index in [0.717, 1.165) is 29.0 Å². The Morgan fingerprint density at radius 1 is 1.04 bits per heavy atom. The summed E-state index contributed by atoms with van der Waals surface area (Å²) < 4.78 is 11.0. The molecule has 0 aromatic heterocycles. The minimum Gasteiger partial charge on any atom is -0.497 e. The van der Waals surface area contributed by atoms with Crippen molar-refractivity contribution in [1.29, 1.82) is 0 Å². The SMILES string of the molecule is COc1ccc(CCNC(=O)NC(C)Oc2ccccc2C(C)C)cc1. The molecule has 2 N–H and O–H groups in total. The number of hydrogen-bond donors (Lipinski definition) is 2. The number of carbonyl (C=O) groups excluding carboxylic acids is 1. The molecule has 0 aliphatic heterocycles. The lowest BCUT2D eigenvalue weighted by Crippen LogP contribution is -2.44. The fourth-order valence-corrected chi connectivity index (χ4v) is 2.63. The van der Waals surface area contributed by atoms with Crippen molar-refractivity contribution in [1.82, 2.24) is 10.6 Å². The third kappa shape index (κ3) is 5.99. The summed E-state index contributed by atoms with van der Waals surface area (Å²) in [5, 5.41) is 5.66. The van der Waals surface area contributed by atoms with Crippen LogP contribution in [0.15, 0.2) is 48.5 Å². The number of urea groups is 1. The van der Waals surface area contributed by atoms with Crippen LogP contribution < -0.4 is 20.1 Å². The van der Waals surface area contributed by atoms with Gasteiger partial charge in [0.25, 0.3) is 0 Å². The van der Waals surface area contributed by atoms with Gasteiger partial charge in [-0.05, 0) is 48.6 Å². The highest BCUT2D eigenvalue weighted by molar-refractivity contribution is 5.74. The van der Waals surface area contributed by atoms with Crippen LogP contribution in [0.4, 0.5) is 4.79 Å². The number of carbonyl (C=O) groups is 1. The summed E-state index contributed by atoms with van der Waals surface area (Å²) in [4.78, 5) is 12.0. The number of rotatable bonds is 8. The van der Waals surface area contributed by atoms with E-state index < -0.39 is 6.23 Å². The minimum atomic E-state index is -0.420. The number of ether oxygens (including phenoxy) is 2. The Morgan fingerprint density at radius 2 is 1.73 bits per heavy atom. The van der Waals surface area contributed by atoms with Gasteiger partial charge in [-0.25, -0.2) is 4.79 Å². The van der Waals surface area contributed by atoms with E-state index in [0.29, 0.717) is 12.5 Å². The van der Waals surface area contributed by atoms with Crippen molar-refractivity contribution in [3.8, 4) is 11.5 Å². The van der Waals surface area contributed by atoms with E-state index in [1.54, 1.807) is 7.11 Å². The second kappa shape index (κ2) is 9.70. The maximum atomic E-state index is 12.0. The number of nitrogens with one attached hydrogen (secondary N) is 2. The zero-order chi connectivity index (χ0) is 18.9. The highest BCUT2D eigenvalue weighted by Crippen LogP contribution is 2.26. The highest BCUT2D eigenvalue weighted by atomic mass is 16.5. The monoisotopic (exact) mass is 356 g/mol. The van der Waals surface area contributed by atoms with Crippen LogP contribution in [-0.2, 0) is 6.42 Å². The van der Waals surface area contributed by atoms with Crippen molar-refractivity contribution in [2.24, 2.45) is 0 Å². The summed E-state index contributed by atoms with van der Waals surface area (Å²) in [7, 11) is 1.64. The summed E-state index contributed by atoms with van der Waals surface area (Å²) >= 11 is 0. The molecule has 5 nitrogen and oxygen atoms in total. The first-order chi connectivity index (χ1) is 12.5. The average molecular weight is 356 g/mol. The molecule has 2 aromatic carbocycles. The lowest BCUT2D eigenvalue weighted by molar-refractivity contribution is 0.175. The Morgan fingerprint density at radius 3 is 2.38 bits per heavy atom. The first kappa shape index (κ1) is 19.6. The third-order valence-electron chi connectivity index (χ3n) is 4.04. The van der Waals surface area contributed by atoms with Gasteiger partial charge in [0.05, 0.1) is 7.11 Å². The molecule has 0 saturated carbocycles. The van der Waals surface area contributed by atoms with Gasteiger partial charge in [0.15, 0.2) is 6.23 Å². The smallest absolute Gasteiger partial charge is 0.317 e. The predicted octanol–water partition coefficient (Wildman–Crippen LogP) is 4.09. The largest absolute Gasteiger partial charge is 0.497 e. The molecule has 2 rings (SSSR count). The molecule has 1 atom stereocenters. The number of benzene rings is 2. The van der Waals surface area contributed by atoms with Crippen LogP contribution in [0.2, 0.25) is 0 Å². The van der Waals surface area contributed by atoms with E-state index >= 15 is 0 Å². The first-order valence-electron chi connectivity index (χ1n) is 8.92. The van der Waals surface area contributed by atoms with Crippen molar-refractivity contribution >= 4 is 6.03 Å². The zero-order valence-electron chi connectivity index (χ0n) is 15.9. The maximum absolute atomic E-state index is 12.0. The van der Waals surface area contributed by atoms with E-state index in [1.165, 1.54) is 0 Å². The van der Waals surface area contributed by atoms with Crippen molar-refractivity contribution in [2.45, 2.75) is 39.3 Å². The van der Waals surface area contributed by atoms with E-state index in [2.05, 4.69) is 24.5 Å². The number of methoxy groups -OCH3 is 1. The second-order valence-corrected chi connectivity index (χ2v) is 6.45. The lowest BCUT2D eigenvalue weighted by Gasteiger charge is -2.20. The van der Waals surface area contributed by atoms with Crippen LogP contribution in [0.5, 0.6) is 11.5 Å². The van der Waals surface area contributed by atoms with E-state index in [-0.39, 0.29) is 6.03 Å². The number of amides is 2. The molecule has 140 valence electrons. The molecule has 2 aromatic rings. The summed E-state index contributed by atoms with van der Waals surface area (Å²) in [5.74, 6) is 1.98. The molecular weight excluding hydrogens is 328 g/mol. The maximum Gasteiger partial charge on any atom is 0.317 e. The molecular formula is C21H28N2O3. The van der Waals surface area contributed by atoms with Crippen LogP contribution in [0.3, 0.4) is 0 Å². The van der Waals surface area contributed by atoms with Crippen LogP contribution in [-0.4, -0.2) is 25.9 Å². The van der Waals surface area contributed by atoms with Gasteiger partial charge in [0.2, 0.25) is 0 Å². The minimum absolute atomic E-state index is 0.243. The molecule has 0 aliphatic carbocycles. The van der Waals surface area contributed by atoms with Crippen molar-refractivity contribution in [3.05, 3.63) is 59.7 Å². The van der Waals surface area contributed by atoms with Crippen LogP contribution in [0, 0.1) is 0 Å². The molecule has 0 bridgehead atoms. The molecule has 0 radical (unpaired) electrons. The van der Waals surface area contributed by atoms with Crippen LogP contribution in [0.1, 0.15) is 37.8 Å². The normalized spacial score (nSPS) is 11.7. The van der Waals surface area contributed by atoms with Gasteiger partial charge in [-0.3, -0.25) is 0 Å². The summed E-state index contributed by atoms with van der Waals surface area (Å²) in [6.07, 6.45) is 0.332. The van der Waals surface area contributed by atoms with Crippen molar-refractivity contribution < 1.29 is 14.3 Å². The molecule has 0 fully saturated rings. The van der Waals surface area contributed by atoms with Gasteiger partial charge in [-0.2, -0.15) is 0 Å². The number of hydrogen-bond acceptors (Lipinski definition) is 3. The molecule has 0 spiro atoms. The quantitative estimate of drug-likeness (QED) is 0.701. The molecule has 5 heteroatoms. The van der Waals surface area contributed by atoms with Crippen molar-refractivity contribution in [2.75, 3.05) is 13.7 Å². The van der Waals surface area contributed by atoms with Gasteiger partial charge in [0, 0.05) is 6.54 Å². The fourth-order valence-electron chi connectivity index (χ4n) is 2.63. The predicted molar refractivity (Wildman–Crippen MR) is 104 cm³/mol. The van der Waals surface area contributed by atoms with Gasteiger partial charge in [0.1, 0.15) is 11.5 Å². The van der Waals surface area contributed by atoms with Crippen LogP contribution in [0.25, 0.3) is 0 Å². The second-order valence-electron chi connectivity index (χ2n) is 6.45. The Labute approximate surface area is 155 Å². The summed E-state index contributed by atoms with van der Waals surface area (Å²) in [5.41, 5.74) is 2.27. The fraction of sp³-hybridized carbons (Fsp3) is 0.381. The van der Waals surface area contributed by atoms with Crippen LogP contribution >= 0.6 is 0 Å². The highest BCUT2D eigenvalue weighted by Gasteiger charge is 2.12. The molecule has 26 heavy (non-hydrogen) atoms. The Kier molecular flexibility index (Phi) is 7.33. The Balaban J connectivity index is 1.76. The Bertz CT molecular complexity index is 699. The summed E-state index contributed by atoms with van der Waals surface area (Å²) in [6.45, 7) is 6.60. The molecule has 0 aliphatic rings. The van der Waals surface area contributed by atoms with Gasteiger partial charge >= 0.3 is 6.03 Å². The standard InChI is InChI=1S/C21H28N2O3/c1-15(2)19-7-5-6-8-20(19)26-16(3)23-21(24)22-14-13-17-9-11-18(25-4)12-10-17/h5-12,15-16H,13-14H2,1-4H3,(H2,22,23,24). The van der Waals surface area contributed by atoms with E-state index in [9.17, 15) is 4.79 Å². The van der Waals surface area contributed by atoms with Gasteiger partial charge in [-0.15, -0.1) is 0 Å². The van der Waals surface area contributed by atoms with E-state index in [1.807, 2.05) is 55.5 Å². The molecule has 2 amide bonds. The third-order valence-corrected chi connectivity index (χ3v) is 4.04. The van der Waals surface area contributed by atoms with E-state index in [4.69, 9.17) is 9.47 Å². The zero-order valence-corrected chi connectivity index (χ0v) is 15.9. The van der Waals surface area contributed by atoms with Gasteiger partial charge in [-0.1, -0.05) is 44.2 Å².